The van der Waals surface area contributed by atoms with E-state index in [4.69, 9.17) is 16.3 Å². The summed E-state index contributed by atoms with van der Waals surface area (Å²) < 4.78 is 5.44. The Morgan fingerprint density at radius 1 is 1.26 bits per heavy atom. The van der Waals surface area contributed by atoms with Crippen LogP contribution in [0, 0.1) is 0 Å². The average molecular weight is 278 g/mol. The number of hydrogen-bond donors (Lipinski definition) is 1. The molecular weight excluding hydrogens is 266 g/mol. The number of amides is 1. The third-order valence-corrected chi connectivity index (χ3v) is 2.52. The Balaban J connectivity index is 1.72. The standard InChI is InChI=1S/C13H12ClN3O2/c14-10-1-3-11(4-2-10)19-8-7-17-13(18)12-9-15-5-6-16-12/h1-6,9H,7-8H2,(H,17,18). The van der Waals surface area contributed by atoms with Gasteiger partial charge in [0.15, 0.2) is 0 Å². The fraction of sp³-hybridized carbons (Fsp3) is 0.154. The molecule has 0 atom stereocenters. The van der Waals surface area contributed by atoms with Gasteiger partial charge in [0.2, 0.25) is 0 Å². The minimum atomic E-state index is -0.271. The number of carbonyl (C=O) groups excluding carboxylic acids is 1. The number of hydrogen-bond acceptors (Lipinski definition) is 4. The van der Waals surface area contributed by atoms with Crippen LogP contribution in [0.3, 0.4) is 0 Å². The predicted octanol–water partition coefficient (Wildman–Crippen LogP) is 1.94. The van der Waals surface area contributed by atoms with Gasteiger partial charge in [0.05, 0.1) is 12.7 Å². The molecule has 0 aliphatic rings. The molecule has 2 rings (SSSR count). The first-order chi connectivity index (χ1) is 9.25. The van der Waals surface area contributed by atoms with Gasteiger partial charge in [-0.15, -0.1) is 0 Å². The van der Waals surface area contributed by atoms with Crippen LogP contribution in [-0.2, 0) is 0 Å². The van der Waals surface area contributed by atoms with Crippen molar-refractivity contribution in [2.45, 2.75) is 0 Å². The molecule has 0 aliphatic carbocycles. The van der Waals surface area contributed by atoms with Crippen molar-refractivity contribution in [3.63, 3.8) is 0 Å². The molecule has 1 heterocycles. The quantitative estimate of drug-likeness (QED) is 0.849. The third kappa shape index (κ3) is 4.22. The van der Waals surface area contributed by atoms with E-state index in [-0.39, 0.29) is 11.6 Å². The number of halogens is 1. The topological polar surface area (TPSA) is 64.1 Å². The highest BCUT2D eigenvalue weighted by Crippen LogP contribution is 2.15. The van der Waals surface area contributed by atoms with Crippen LogP contribution in [0.15, 0.2) is 42.9 Å². The summed E-state index contributed by atoms with van der Waals surface area (Å²) in [5, 5.41) is 3.34. The fourth-order valence-corrected chi connectivity index (χ4v) is 1.50. The van der Waals surface area contributed by atoms with Crippen LogP contribution < -0.4 is 10.1 Å². The van der Waals surface area contributed by atoms with Gasteiger partial charge in [-0.1, -0.05) is 11.6 Å². The van der Waals surface area contributed by atoms with Crippen molar-refractivity contribution >= 4 is 17.5 Å². The second kappa shape index (κ2) is 6.70. The van der Waals surface area contributed by atoms with Crippen LogP contribution in [0.5, 0.6) is 5.75 Å². The predicted molar refractivity (Wildman–Crippen MR) is 71.3 cm³/mol. The summed E-state index contributed by atoms with van der Waals surface area (Å²) >= 11 is 5.76. The SMILES string of the molecule is O=C(NCCOc1ccc(Cl)cc1)c1cnccn1. The highest BCUT2D eigenvalue weighted by atomic mass is 35.5. The van der Waals surface area contributed by atoms with Crippen LogP contribution in [0.25, 0.3) is 0 Å². The highest BCUT2D eigenvalue weighted by Gasteiger charge is 2.05. The number of aromatic nitrogens is 2. The lowest BCUT2D eigenvalue weighted by Gasteiger charge is -2.07. The summed E-state index contributed by atoms with van der Waals surface area (Å²) in [7, 11) is 0. The largest absolute Gasteiger partial charge is 0.492 e. The molecule has 1 aromatic carbocycles. The van der Waals surface area contributed by atoms with Crippen LogP contribution >= 0.6 is 11.6 Å². The maximum absolute atomic E-state index is 11.6. The first-order valence-electron chi connectivity index (χ1n) is 5.68. The zero-order valence-corrected chi connectivity index (χ0v) is 10.8. The van der Waals surface area contributed by atoms with Crippen molar-refractivity contribution < 1.29 is 9.53 Å². The fourth-order valence-electron chi connectivity index (χ4n) is 1.37. The molecule has 0 unspecified atom stereocenters. The highest BCUT2D eigenvalue weighted by molar-refractivity contribution is 6.30. The van der Waals surface area contributed by atoms with Gasteiger partial charge in [-0.25, -0.2) is 4.98 Å². The van der Waals surface area contributed by atoms with E-state index in [1.54, 1.807) is 24.3 Å². The van der Waals surface area contributed by atoms with Crippen molar-refractivity contribution in [3.05, 3.63) is 53.6 Å². The molecule has 0 saturated heterocycles. The van der Waals surface area contributed by atoms with Crippen molar-refractivity contribution in [3.8, 4) is 5.75 Å². The lowest BCUT2D eigenvalue weighted by Crippen LogP contribution is -2.28. The van der Waals surface area contributed by atoms with Crippen molar-refractivity contribution in [2.24, 2.45) is 0 Å². The normalized spacial score (nSPS) is 9.95. The molecule has 2 aromatic rings. The van der Waals surface area contributed by atoms with E-state index in [0.717, 1.165) is 0 Å². The molecule has 0 bridgehead atoms. The van der Waals surface area contributed by atoms with Gasteiger partial charge in [-0.2, -0.15) is 0 Å². The van der Waals surface area contributed by atoms with Crippen molar-refractivity contribution in [2.75, 3.05) is 13.2 Å². The van der Waals surface area contributed by atoms with Gasteiger partial charge in [-0.3, -0.25) is 9.78 Å². The van der Waals surface area contributed by atoms with E-state index < -0.39 is 0 Å². The van der Waals surface area contributed by atoms with Crippen LogP contribution in [0.4, 0.5) is 0 Å². The van der Waals surface area contributed by atoms with E-state index in [1.807, 2.05) is 0 Å². The first-order valence-corrected chi connectivity index (χ1v) is 6.06. The van der Waals surface area contributed by atoms with E-state index in [1.165, 1.54) is 18.6 Å². The molecule has 1 N–H and O–H groups in total. The smallest absolute Gasteiger partial charge is 0.271 e. The molecule has 0 fully saturated rings. The molecule has 0 aliphatic heterocycles. The molecule has 19 heavy (non-hydrogen) atoms. The number of rotatable bonds is 5. The van der Waals surface area contributed by atoms with Crippen LogP contribution in [0.1, 0.15) is 10.5 Å². The molecule has 0 radical (unpaired) electrons. The Hall–Kier alpha value is -2.14. The zero-order chi connectivity index (χ0) is 13.5. The van der Waals surface area contributed by atoms with Crippen LogP contribution in [-0.4, -0.2) is 29.0 Å². The van der Waals surface area contributed by atoms with E-state index in [9.17, 15) is 4.79 Å². The first kappa shape index (κ1) is 13.3. The number of nitrogens with zero attached hydrogens (tertiary/aromatic N) is 2. The molecule has 1 aromatic heterocycles. The minimum Gasteiger partial charge on any atom is -0.492 e. The molecular formula is C13H12ClN3O2. The maximum Gasteiger partial charge on any atom is 0.271 e. The van der Waals surface area contributed by atoms with Gasteiger partial charge in [0, 0.05) is 17.4 Å². The van der Waals surface area contributed by atoms with Gasteiger partial charge in [-0.05, 0) is 24.3 Å². The Kier molecular flexibility index (Phi) is 4.69. The second-order valence-electron chi connectivity index (χ2n) is 3.65. The summed E-state index contributed by atoms with van der Waals surface area (Å²) in [5.74, 6) is 0.436. The Morgan fingerprint density at radius 3 is 2.74 bits per heavy atom. The Labute approximate surface area is 115 Å². The average Bonchev–Trinajstić information content (AvgIpc) is 2.46. The molecule has 5 nitrogen and oxygen atoms in total. The zero-order valence-electron chi connectivity index (χ0n) is 10.0. The summed E-state index contributed by atoms with van der Waals surface area (Å²) in [6, 6.07) is 7.03. The summed E-state index contributed by atoms with van der Waals surface area (Å²) in [6.45, 7) is 0.756. The van der Waals surface area contributed by atoms with Crippen molar-refractivity contribution in [1.29, 1.82) is 0 Å². The van der Waals surface area contributed by atoms with E-state index in [0.29, 0.717) is 23.9 Å². The van der Waals surface area contributed by atoms with E-state index in [2.05, 4.69) is 15.3 Å². The number of nitrogens with one attached hydrogen (secondary N) is 1. The molecule has 98 valence electrons. The van der Waals surface area contributed by atoms with Gasteiger partial charge in [0.25, 0.3) is 5.91 Å². The monoisotopic (exact) mass is 277 g/mol. The van der Waals surface area contributed by atoms with Crippen LogP contribution in [0.2, 0.25) is 5.02 Å². The summed E-state index contributed by atoms with van der Waals surface area (Å²) in [6.07, 6.45) is 4.40. The summed E-state index contributed by atoms with van der Waals surface area (Å²) in [4.78, 5) is 19.3. The molecule has 0 saturated carbocycles. The van der Waals surface area contributed by atoms with Gasteiger partial charge < -0.3 is 10.1 Å². The molecule has 6 heteroatoms. The lowest BCUT2D eigenvalue weighted by molar-refractivity contribution is 0.0941. The Morgan fingerprint density at radius 2 is 2.05 bits per heavy atom. The van der Waals surface area contributed by atoms with Gasteiger partial charge >= 0.3 is 0 Å². The molecule has 0 spiro atoms. The lowest BCUT2D eigenvalue weighted by atomic mass is 10.3. The number of ether oxygens (including phenoxy) is 1. The Bertz CT molecular complexity index is 531. The molecule has 1 amide bonds. The van der Waals surface area contributed by atoms with Crippen molar-refractivity contribution in [1.82, 2.24) is 15.3 Å². The van der Waals surface area contributed by atoms with Gasteiger partial charge in [0.1, 0.15) is 18.1 Å². The maximum atomic E-state index is 11.6. The second-order valence-corrected chi connectivity index (χ2v) is 4.09. The van der Waals surface area contributed by atoms with E-state index >= 15 is 0 Å². The minimum absolute atomic E-state index is 0.271. The number of carbonyl (C=O) groups is 1. The third-order valence-electron chi connectivity index (χ3n) is 2.27. The number of benzene rings is 1. The summed E-state index contributed by atoms with van der Waals surface area (Å²) in [5.41, 5.74) is 0.286.